The quantitative estimate of drug-likeness (QED) is 0.249. The van der Waals surface area contributed by atoms with Crippen molar-refractivity contribution in [1.29, 1.82) is 0 Å². The van der Waals surface area contributed by atoms with Crippen LogP contribution in [-0.2, 0) is 4.79 Å². The van der Waals surface area contributed by atoms with Crippen molar-refractivity contribution in [3.63, 3.8) is 0 Å². The molecule has 1 fully saturated rings. The molecule has 3 amide bonds. The molecule has 8 nitrogen and oxygen atoms in total. The Kier molecular flexibility index (Phi) is 7.70. The predicted octanol–water partition coefficient (Wildman–Crippen LogP) is 4.57. The van der Waals surface area contributed by atoms with Gasteiger partial charge in [0, 0.05) is 9.13 Å². The maximum absolute atomic E-state index is 14.5. The van der Waals surface area contributed by atoms with Gasteiger partial charge in [-0.2, -0.15) is 0 Å². The average Bonchev–Trinajstić information content (AvgIpc) is 3.43. The number of amides is 3. The van der Waals surface area contributed by atoms with Crippen molar-refractivity contribution in [2.75, 3.05) is 13.2 Å². The number of imide groups is 1. The number of ether oxygens (including phenoxy) is 1. The molecule has 3 N–H and O–H groups in total. The number of nitrogens with zero attached hydrogens (tertiary/aromatic N) is 2. The third kappa shape index (κ3) is 5.18. The topological polar surface area (TPSA) is 108 Å². The molecule has 1 saturated heterocycles. The molecule has 4 rings (SSSR count). The molecule has 0 saturated carbocycles. The second kappa shape index (κ2) is 10.7. The highest BCUT2D eigenvalue weighted by Crippen LogP contribution is 2.36. The van der Waals surface area contributed by atoms with E-state index in [2.05, 4.69) is 15.3 Å². The number of halogens is 2. The smallest absolute Gasteiger partial charge is 0.325 e. The standard InChI is InChI=1S/C25H26FIN4O4/c1-3-14(2)22(23-28-13-20(29-23)18-9-6-16(27)12-19(18)26)31-24(33)21(30-25(31)34)15-4-7-17(8-5-15)35-11-10-32/h4-9,12-14,21-22,32H,3,10-11H2,1-2H3,(H,28,29)(H,30,34)/t14-,21+,22-/m0/s1. The van der Waals surface area contributed by atoms with Crippen LogP contribution in [0.2, 0.25) is 0 Å². The van der Waals surface area contributed by atoms with Crippen LogP contribution in [0.3, 0.4) is 0 Å². The van der Waals surface area contributed by atoms with Crippen LogP contribution < -0.4 is 10.1 Å². The van der Waals surface area contributed by atoms with Crippen LogP contribution in [0, 0.1) is 15.3 Å². The molecule has 3 aromatic rings. The Balaban J connectivity index is 1.62. The summed E-state index contributed by atoms with van der Waals surface area (Å²) in [5.74, 6) is 0.110. The van der Waals surface area contributed by atoms with Crippen LogP contribution >= 0.6 is 22.6 Å². The van der Waals surface area contributed by atoms with Crippen LogP contribution in [0.4, 0.5) is 9.18 Å². The molecular formula is C25H26FIN4O4. The van der Waals surface area contributed by atoms with Gasteiger partial charge in [-0.1, -0.05) is 32.4 Å². The molecule has 0 aliphatic carbocycles. The maximum Gasteiger partial charge on any atom is 0.325 e. The van der Waals surface area contributed by atoms with Gasteiger partial charge in [0.1, 0.15) is 36.1 Å². The molecule has 0 spiro atoms. The van der Waals surface area contributed by atoms with E-state index in [-0.39, 0.29) is 30.9 Å². The van der Waals surface area contributed by atoms with E-state index in [9.17, 15) is 14.0 Å². The number of rotatable bonds is 9. The van der Waals surface area contributed by atoms with Crippen molar-refractivity contribution >= 4 is 34.5 Å². The number of aliphatic hydroxyl groups is 1. The average molecular weight is 592 g/mol. The molecule has 1 aromatic heterocycles. The van der Waals surface area contributed by atoms with Crippen LogP contribution in [0.5, 0.6) is 5.75 Å². The van der Waals surface area contributed by atoms with Gasteiger partial charge in [0.15, 0.2) is 0 Å². The maximum atomic E-state index is 14.5. The number of carbonyl (C=O) groups is 2. The van der Waals surface area contributed by atoms with Crippen molar-refractivity contribution in [2.45, 2.75) is 32.4 Å². The zero-order chi connectivity index (χ0) is 25.1. The van der Waals surface area contributed by atoms with Gasteiger partial charge in [-0.3, -0.25) is 9.69 Å². The number of aromatic nitrogens is 2. The van der Waals surface area contributed by atoms with Crippen molar-refractivity contribution < 1.29 is 23.8 Å². The third-order valence-corrected chi connectivity index (χ3v) is 6.77. The lowest BCUT2D eigenvalue weighted by atomic mass is 9.96. The van der Waals surface area contributed by atoms with Gasteiger partial charge >= 0.3 is 6.03 Å². The van der Waals surface area contributed by atoms with E-state index in [0.29, 0.717) is 34.8 Å². The Labute approximate surface area is 216 Å². The van der Waals surface area contributed by atoms with Crippen molar-refractivity contribution in [3.8, 4) is 17.0 Å². The number of aliphatic hydroxyl groups excluding tert-OH is 1. The Hall–Kier alpha value is -2.99. The Morgan fingerprint density at radius 2 is 1.97 bits per heavy atom. The van der Waals surface area contributed by atoms with Crippen LogP contribution in [0.25, 0.3) is 11.3 Å². The molecule has 1 aliphatic heterocycles. The van der Waals surface area contributed by atoms with Crippen molar-refractivity contribution in [2.24, 2.45) is 5.92 Å². The molecule has 0 bridgehead atoms. The van der Waals surface area contributed by atoms with E-state index in [4.69, 9.17) is 9.84 Å². The lowest BCUT2D eigenvalue weighted by Crippen LogP contribution is -2.38. The summed E-state index contributed by atoms with van der Waals surface area (Å²) >= 11 is 2.04. The van der Waals surface area contributed by atoms with Gasteiger partial charge in [-0.25, -0.2) is 14.2 Å². The number of hydrogen-bond donors (Lipinski definition) is 3. The normalized spacial score (nSPS) is 17.4. The molecule has 1 aliphatic rings. The summed E-state index contributed by atoms with van der Waals surface area (Å²) in [6, 6.07) is 9.70. The van der Waals surface area contributed by atoms with Gasteiger partial charge in [-0.05, 0) is 64.4 Å². The fourth-order valence-electron chi connectivity index (χ4n) is 4.10. The van der Waals surface area contributed by atoms with Gasteiger partial charge in [0.05, 0.1) is 18.5 Å². The van der Waals surface area contributed by atoms with Crippen molar-refractivity contribution in [1.82, 2.24) is 20.2 Å². The molecule has 0 radical (unpaired) electrons. The molecule has 35 heavy (non-hydrogen) atoms. The summed E-state index contributed by atoms with van der Waals surface area (Å²) < 4.78 is 20.7. The monoisotopic (exact) mass is 592 g/mol. The summed E-state index contributed by atoms with van der Waals surface area (Å²) in [5.41, 5.74) is 1.46. The molecule has 0 unspecified atom stereocenters. The van der Waals surface area contributed by atoms with E-state index >= 15 is 0 Å². The highest BCUT2D eigenvalue weighted by Gasteiger charge is 2.45. The number of H-pyrrole nitrogens is 1. The number of hydrogen-bond acceptors (Lipinski definition) is 5. The van der Waals surface area contributed by atoms with Crippen LogP contribution in [0.15, 0.2) is 48.7 Å². The molecule has 3 atom stereocenters. The first-order chi connectivity index (χ1) is 16.8. The number of imidazole rings is 1. The molecule has 2 aromatic carbocycles. The Morgan fingerprint density at radius 1 is 1.23 bits per heavy atom. The fourth-order valence-corrected chi connectivity index (χ4v) is 4.56. The Bertz CT molecular complexity index is 1220. The lowest BCUT2D eigenvalue weighted by molar-refractivity contribution is -0.130. The van der Waals surface area contributed by atoms with Crippen molar-refractivity contribution in [3.05, 3.63) is 69.4 Å². The van der Waals surface area contributed by atoms with Gasteiger partial charge in [-0.15, -0.1) is 0 Å². The minimum Gasteiger partial charge on any atom is -0.491 e. The SMILES string of the molecule is CC[C@H](C)[C@@H](c1ncc(-c2ccc(I)cc2F)[nH]1)N1C(=O)N[C@H](c2ccc(OCCO)cc2)C1=O. The molecule has 10 heteroatoms. The van der Waals surface area contributed by atoms with E-state index in [1.165, 1.54) is 17.2 Å². The highest BCUT2D eigenvalue weighted by molar-refractivity contribution is 14.1. The number of carbonyl (C=O) groups excluding carboxylic acids is 2. The summed E-state index contributed by atoms with van der Waals surface area (Å²) in [4.78, 5) is 35.3. The molecule has 184 valence electrons. The minimum absolute atomic E-state index is 0.0988. The number of nitrogens with one attached hydrogen (secondary N) is 2. The third-order valence-electron chi connectivity index (χ3n) is 6.10. The van der Waals surface area contributed by atoms with Gasteiger partial charge in [0.25, 0.3) is 5.91 Å². The zero-order valence-electron chi connectivity index (χ0n) is 19.3. The lowest BCUT2D eigenvalue weighted by Gasteiger charge is -2.28. The van der Waals surface area contributed by atoms with E-state index < -0.39 is 18.1 Å². The summed E-state index contributed by atoms with van der Waals surface area (Å²) in [6.45, 7) is 3.98. The molecular weight excluding hydrogens is 566 g/mol. The van der Waals surface area contributed by atoms with Crippen LogP contribution in [-0.4, -0.2) is 45.1 Å². The zero-order valence-corrected chi connectivity index (χ0v) is 21.5. The minimum atomic E-state index is -0.843. The van der Waals surface area contributed by atoms with E-state index in [1.54, 1.807) is 36.4 Å². The predicted molar refractivity (Wildman–Crippen MR) is 136 cm³/mol. The number of urea groups is 1. The number of aromatic amines is 1. The highest BCUT2D eigenvalue weighted by atomic mass is 127. The van der Waals surface area contributed by atoms with Crippen LogP contribution in [0.1, 0.15) is 43.7 Å². The fraction of sp³-hybridized carbons (Fsp3) is 0.320. The van der Waals surface area contributed by atoms with E-state index in [0.717, 1.165) is 3.57 Å². The van der Waals surface area contributed by atoms with Gasteiger partial charge < -0.3 is 20.1 Å². The first-order valence-corrected chi connectivity index (χ1v) is 12.4. The van der Waals surface area contributed by atoms with E-state index in [1.807, 2.05) is 36.4 Å². The van der Waals surface area contributed by atoms with Gasteiger partial charge in [0.2, 0.25) is 0 Å². The molecule has 2 heterocycles. The number of benzene rings is 2. The Morgan fingerprint density at radius 3 is 2.63 bits per heavy atom. The second-order valence-electron chi connectivity index (χ2n) is 8.37. The summed E-state index contributed by atoms with van der Waals surface area (Å²) in [7, 11) is 0. The first kappa shape index (κ1) is 25.1. The summed E-state index contributed by atoms with van der Waals surface area (Å²) in [6.07, 6.45) is 2.22. The first-order valence-electron chi connectivity index (χ1n) is 11.3. The summed E-state index contributed by atoms with van der Waals surface area (Å²) in [5, 5.41) is 11.7. The second-order valence-corrected chi connectivity index (χ2v) is 9.61. The largest absolute Gasteiger partial charge is 0.491 e.